The van der Waals surface area contributed by atoms with Crippen molar-refractivity contribution in [3.63, 3.8) is 0 Å². The van der Waals surface area contributed by atoms with E-state index in [1.807, 2.05) is 25.1 Å². The lowest BCUT2D eigenvalue weighted by Gasteiger charge is -2.47. The highest BCUT2D eigenvalue weighted by molar-refractivity contribution is 5.94. The van der Waals surface area contributed by atoms with E-state index in [1.54, 1.807) is 12.3 Å². The first-order chi connectivity index (χ1) is 15.9. The van der Waals surface area contributed by atoms with Gasteiger partial charge in [0.05, 0.1) is 5.56 Å². The first-order valence-corrected chi connectivity index (χ1v) is 11.7. The predicted molar refractivity (Wildman–Crippen MR) is 128 cm³/mol. The van der Waals surface area contributed by atoms with Crippen LogP contribution in [0.5, 0.6) is 0 Å². The molecule has 1 saturated heterocycles. The van der Waals surface area contributed by atoms with E-state index in [0.29, 0.717) is 29.9 Å². The maximum atomic E-state index is 12.8. The van der Waals surface area contributed by atoms with Crippen molar-refractivity contribution in [2.24, 2.45) is 11.8 Å². The lowest BCUT2D eigenvalue weighted by Crippen LogP contribution is -2.49. The molecule has 1 fully saturated rings. The van der Waals surface area contributed by atoms with Gasteiger partial charge in [-0.2, -0.15) is 0 Å². The molecule has 3 atom stereocenters. The molecule has 4 rings (SSSR count). The third kappa shape index (κ3) is 5.61. The molecule has 2 aromatic rings. The number of aromatic nitrogens is 2. The quantitative estimate of drug-likeness (QED) is 0.649. The molecule has 8 nitrogen and oxygen atoms in total. The Kier molecular flexibility index (Phi) is 8.25. The first-order valence-electron chi connectivity index (χ1n) is 11.7. The lowest BCUT2D eigenvalue weighted by atomic mass is 9.76. The zero-order valence-corrected chi connectivity index (χ0v) is 19.6. The molecule has 2 aromatic heterocycles. The highest BCUT2D eigenvalue weighted by atomic mass is 16.3. The summed E-state index contributed by atoms with van der Waals surface area (Å²) in [5.41, 5.74) is 1.88. The van der Waals surface area contributed by atoms with Crippen LogP contribution in [-0.4, -0.2) is 46.7 Å². The van der Waals surface area contributed by atoms with Crippen molar-refractivity contribution in [1.82, 2.24) is 14.9 Å². The molecule has 1 amide bonds. The predicted octanol–water partition coefficient (Wildman–Crippen LogP) is 3.29. The Balaban J connectivity index is 0.000000968. The molecule has 2 aliphatic heterocycles. The van der Waals surface area contributed by atoms with Crippen molar-refractivity contribution in [3.05, 3.63) is 58.1 Å². The summed E-state index contributed by atoms with van der Waals surface area (Å²) in [6.45, 7) is 8.50. The summed E-state index contributed by atoms with van der Waals surface area (Å²) in [6.07, 6.45) is 4.94. The van der Waals surface area contributed by atoms with Gasteiger partial charge in [0.1, 0.15) is 5.82 Å². The van der Waals surface area contributed by atoms with E-state index in [1.165, 1.54) is 0 Å². The van der Waals surface area contributed by atoms with E-state index in [4.69, 9.17) is 9.90 Å². The van der Waals surface area contributed by atoms with E-state index < -0.39 is 0 Å². The maximum absolute atomic E-state index is 12.8. The number of nitrogens with one attached hydrogen (secondary N) is 1. The number of carbonyl (C=O) groups is 2. The average molecular weight is 455 g/mol. The van der Waals surface area contributed by atoms with E-state index in [2.05, 4.69) is 39.7 Å². The number of anilines is 1. The lowest BCUT2D eigenvalue weighted by molar-refractivity contribution is -0.122. The van der Waals surface area contributed by atoms with Crippen LogP contribution in [0.3, 0.4) is 0 Å². The van der Waals surface area contributed by atoms with E-state index in [9.17, 15) is 9.59 Å². The van der Waals surface area contributed by atoms with Crippen molar-refractivity contribution in [1.29, 1.82) is 0 Å². The Morgan fingerprint density at radius 3 is 2.67 bits per heavy atom. The summed E-state index contributed by atoms with van der Waals surface area (Å²) in [5.74, 6) is 2.20. The van der Waals surface area contributed by atoms with E-state index in [-0.39, 0.29) is 24.0 Å². The Morgan fingerprint density at radius 1 is 1.27 bits per heavy atom. The monoisotopic (exact) mass is 454 g/mol. The number of hydrogen-bond acceptors (Lipinski definition) is 5. The number of carboxylic acid groups (broad SMARTS) is 1. The van der Waals surface area contributed by atoms with Gasteiger partial charge in [-0.15, -0.1) is 0 Å². The van der Waals surface area contributed by atoms with Crippen molar-refractivity contribution < 1.29 is 14.7 Å². The summed E-state index contributed by atoms with van der Waals surface area (Å²) in [5, 5.41) is 9.70. The Morgan fingerprint density at radius 2 is 2.03 bits per heavy atom. The second kappa shape index (κ2) is 11.1. The molecule has 2 bridgehead atoms. The Hall–Kier alpha value is -3.16. The number of pyridine rings is 2. The number of fused-ring (bicyclic) bond motifs is 4. The smallest absolute Gasteiger partial charge is 0.290 e. The minimum atomic E-state index is -0.250. The van der Waals surface area contributed by atoms with Crippen molar-refractivity contribution >= 4 is 18.2 Å². The molecule has 8 heteroatoms. The van der Waals surface area contributed by atoms with Crippen molar-refractivity contribution in [2.45, 2.75) is 52.0 Å². The minimum Gasteiger partial charge on any atom is -0.483 e. The van der Waals surface area contributed by atoms with Gasteiger partial charge < -0.3 is 19.9 Å². The van der Waals surface area contributed by atoms with Crippen LogP contribution < -0.4 is 15.8 Å². The number of rotatable bonds is 6. The molecule has 178 valence electrons. The molecule has 33 heavy (non-hydrogen) atoms. The summed E-state index contributed by atoms with van der Waals surface area (Å²) >= 11 is 0. The average Bonchev–Trinajstić information content (AvgIpc) is 2.80. The zero-order valence-electron chi connectivity index (χ0n) is 19.6. The summed E-state index contributed by atoms with van der Waals surface area (Å²) < 4.78 is 2.09. The van der Waals surface area contributed by atoms with E-state index >= 15 is 0 Å². The summed E-state index contributed by atoms with van der Waals surface area (Å²) in [7, 11) is 0. The van der Waals surface area contributed by atoms with Crippen LogP contribution in [-0.2, 0) is 4.79 Å². The fourth-order valence-corrected chi connectivity index (χ4v) is 5.07. The first kappa shape index (κ1) is 24.5. The van der Waals surface area contributed by atoms with Crippen molar-refractivity contribution in [2.75, 3.05) is 24.5 Å². The standard InChI is InChI=1S/C24H32N4O2.CH2O2/c1-4-25-24(30)17-9-11-22(26-13-17)27-14-18-12-19(15-27)21(10-8-16(2)3)28-20(18)6-5-7-23(28)29;2-1-3/h5-7,9,11,13,16,18-19,21H,4,8,10,12,14-15H2,1-3H3,(H,25,30);1H,(H,2,3)/t18-,19+,21+;/m1./s1. The number of piperidine rings is 1. The molecule has 0 radical (unpaired) electrons. The molecular weight excluding hydrogens is 420 g/mol. The third-order valence-corrected chi connectivity index (χ3v) is 6.51. The van der Waals surface area contributed by atoms with Gasteiger partial charge in [-0.05, 0) is 56.2 Å². The fraction of sp³-hybridized carbons (Fsp3) is 0.520. The number of nitrogens with zero attached hydrogens (tertiary/aromatic N) is 3. The molecule has 0 aliphatic carbocycles. The van der Waals surface area contributed by atoms with Gasteiger partial charge in [-0.3, -0.25) is 14.4 Å². The molecular formula is C25H34N4O4. The van der Waals surface area contributed by atoms with Crippen LogP contribution in [0.2, 0.25) is 0 Å². The van der Waals surface area contributed by atoms with Gasteiger partial charge in [0.2, 0.25) is 0 Å². The number of carbonyl (C=O) groups excluding carboxylic acids is 1. The normalized spacial score (nSPS) is 21.0. The van der Waals surface area contributed by atoms with Crippen LogP contribution in [0.1, 0.15) is 68.0 Å². The molecule has 0 unspecified atom stereocenters. The van der Waals surface area contributed by atoms with Crippen LogP contribution in [0, 0.1) is 11.8 Å². The Bertz CT molecular complexity index is 1000. The highest BCUT2D eigenvalue weighted by Crippen LogP contribution is 2.43. The highest BCUT2D eigenvalue weighted by Gasteiger charge is 2.40. The SMILES string of the molecule is CCNC(=O)c1ccc(N2C[C@H]3C[C@@H](C2)[C@H](CCC(C)C)n2c3cccc2=O)nc1.O=CO. The van der Waals surface area contributed by atoms with Crippen LogP contribution in [0.25, 0.3) is 0 Å². The van der Waals surface area contributed by atoms with Crippen LogP contribution >= 0.6 is 0 Å². The number of amides is 1. The summed E-state index contributed by atoms with van der Waals surface area (Å²) in [4.78, 5) is 40.1. The largest absolute Gasteiger partial charge is 0.483 e. The molecule has 2 aliphatic rings. The summed E-state index contributed by atoms with van der Waals surface area (Å²) in [6, 6.07) is 9.77. The third-order valence-electron chi connectivity index (χ3n) is 6.51. The minimum absolute atomic E-state index is 0.0888. The molecule has 0 saturated carbocycles. The van der Waals surface area contributed by atoms with Gasteiger partial charge in [-0.1, -0.05) is 19.9 Å². The van der Waals surface area contributed by atoms with Crippen LogP contribution in [0.15, 0.2) is 41.3 Å². The Labute approximate surface area is 194 Å². The molecule has 2 N–H and O–H groups in total. The van der Waals surface area contributed by atoms with E-state index in [0.717, 1.165) is 43.9 Å². The zero-order chi connectivity index (χ0) is 24.0. The topological polar surface area (TPSA) is 105 Å². The van der Waals surface area contributed by atoms with Crippen molar-refractivity contribution in [3.8, 4) is 0 Å². The molecule has 0 spiro atoms. The fourth-order valence-electron chi connectivity index (χ4n) is 5.07. The van der Waals surface area contributed by atoms with Gasteiger partial charge in [-0.25, -0.2) is 4.98 Å². The number of hydrogen-bond donors (Lipinski definition) is 2. The van der Waals surface area contributed by atoms with Gasteiger partial charge >= 0.3 is 0 Å². The molecule has 4 heterocycles. The maximum Gasteiger partial charge on any atom is 0.290 e. The van der Waals surface area contributed by atoms with Crippen LogP contribution in [0.4, 0.5) is 5.82 Å². The second-order valence-corrected chi connectivity index (χ2v) is 9.17. The molecule has 0 aromatic carbocycles. The van der Waals surface area contributed by atoms with Gasteiger partial charge in [0, 0.05) is 49.6 Å². The van der Waals surface area contributed by atoms with Gasteiger partial charge in [0.25, 0.3) is 17.9 Å². The second-order valence-electron chi connectivity index (χ2n) is 9.17. The van der Waals surface area contributed by atoms with Gasteiger partial charge in [0.15, 0.2) is 0 Å².